The Labute approximate surface area is 129 Å². The van der Waals surface area contributed by atoms with Gasteiger partial charge in [-0.2, -0.15) is 0 Å². The molecule has 1 aliphatic rings. The number of rotatable bonds is 4. The van der Waals surface area contributed by atoms with Gasteiger partial charge in [0.1, 0.15) is 0 Å². The predicted molar refractivity (Wildman–Crippen MR) is 82.3 cm³/mol. The van der Waals surface area contributed by atoms with Gasteiger partial charge >= 0.3 is 0 Å². The number of carbonyl (C=O) groups excluding carboxylic acids is 2. The number of aryl methyl sites for hydroxylation is 1. The second kappa shape index (κ2) is 6.91. The molecular formula is C15H20ClN3O2. The number of primary amides is 1. The molecular weight excluding hydrogens is 290 g/mol. The first-order chi connectivity index (χ1) is 10.0. The van der Waals surface area contributed by atoms with Gasteiger partial charge in [0.05, 0.1) is 17.1 Å². The van der Waals surface area contributed by atoms with E-state index in [1.165, 1.54) is 0 Å². The van der Waals surface area contributed by atoms with Gasteiger partial charge in [-0.05, 0) is 44.5 Å². The maximum atomic E-state index is 12.8. The van der Waals surface area contributed by atoms with E-state index in [2.05, 4.69) is 5.32 Å². The SMILES string of the molecule is Cc1cccc(C(=O)N(CC(N)=O)C2CCNCC2)c1Cl. The van der Waals surface area contributed by atoms with Gasteiger partial charge in [0.15, 0.2) is 0 Å². The van der Waals surface area contributed by atoms with Crippen molar-refractivity contribution in [2.45, 2.75) is 25.8 Å². The summed E-state index contributed by atoms with van der Waals surface area (Å²) in [5.74, 6) is -0.736. The molecule has 0 saturated carbocycles. The first-order valence-corrected chi connectivity index (χ1v) is 7.43. The van der Waals surface area contributed by atoms with Crippen molar-refractivity contribution < 1.29 is 9.59 Å². The molecule has 6 heteroatoms. The molecule has 0 bridgehead atoms. The van der Waals surface area contributed by atoms with Gasteiger partial charge in [0.2, 0.25) is 5.91 Å². The number of hydrogen-bond acceptors (Lipinski definition) is 3. The third kappa shape index (κ3) is 3.74. The molecule has 21 heavy (non-hydrogen) atoms. The highest BCUT2D eigenvalue weighted by atomic mass is 35.5. The highest BCUT2D eigenvalue weighted by molar-refractivity contribution is 6.34. The van der Waals surface area contributed by atoms with Crippen molar-refractivity contribution in [2.75, 3.05) is 19.6 Å². The van der Waals surface area contributed by atoms with Crippen LogP contribution in [0.1, 0.15) is 28.8 Å². The second-order valence-electron chi connectivity index (χ2n) is 5.32. The second-order valence-corrected chi connectivity index (χ2v) is 5.69. The summed E-state index contributed by atoms with van der Waals surface area (Å²) in [5, 5.41) is 3.68. The van der Waals surface area contributed by atoms with E-state index in [-0.39, 0.29) is 18.5 Å². The number of nitrogens with zero attached hydrogens (tertiary/aromatic N) is 1. The number of benzene rings is 1. The molecule has 0 spiro atoms. The fourth-order valence-corrected chi connectivity index (χ4v) is 2.83. The number of amides is 2. The summed E-state index contributed by atoms with van der Waals surface area (Å²) in [6.07, 6.45) is 1.62. The van der Waals surface area contributed by atoms with Crippen LogP contribution in [0.4, 0.5) is 0 Å². The van der Waals surface area contributed by atoms with Crippen LogP contribution >= 0.6 is 11.6 Å². The van der Waals surface area contributed by atoms with E-state index in [0.717, 1.165) is 31.5 Å². The van der Waals surface area contributed by atoms with E-state index in [9.17, 15) is 9.59 Å². The van der Waals surface area contributed by atoms with E-state index in [1.54, 1.807) is 17.0 Å². The summed E-state index contributed by atoms with van der Waals surface area (Å²) in [4.78, 5) is 25.6. The minimum absolute atomic E-state index is 0.0165. The lowest BCUT2D eigenvalue weighted by molar-refractivity contribution is -0.119. The number of carbonyl (C=O) groups is 2. The average Bonchev–Trinajstić information content (AvgIpc) is 2.48. The fourth-order valence-electron chi connectivity index (χ4n) is 2.62. The third-order valence-electron chi connectivity index (χ3n) is 3.76. The summed E-state index contributed by atoms with van der Waals surface area (Å²) in [6, 6.07) is 5.34. The summed E-state index contributed by atoms with van der Waals surface area (Å²) >= 11 is 6.23. The zero-order valence-electron chi connectivity index (χ0n) is 12.1. The van der Waals surface area contributed by atoms with Crippen molar-refractivity contribution in [3.63, 3.8) is 0 Å². The largest absolute Gasteiger partial charge is 0.368 e. The fraction of sp³-hybridized carbons (Fsp3) is 0.467. The Bertz CT molecular complexity index is 542. The Morgan fingerprint density at radius 2 is 2.05 bits per heavy atom. The van der Waals surface area contributed by atoms with Crippen LogP contribution in [0.5, 0.6) is 0 Å². The van der Waals surface area contributed by atoms with E-state index < -0.39 is 5.91 Å². The van der Waals surface area contributed by atoms with E-state index in [0.29, 0.717) is 10.6 Å². The van der Waals surface area contributed by atoms with Crippen molar-refractivity contribution in [2.24, 2.45) is 5.73 Å². The van der Waals surface area contributed by atoms with E-state index in [1.807, 2.05) is 13.0 Å². The van der Waals surface area contributed by atoms with Gasteiger partial charge in [-0.25, -0.2) is 0 Å². The number of hydrogen-bond donors (Lipinski definition) is 2. The standard InChI is InChI=1S/C15H20ClN3O2/c1-10-3-2-4-12(14(10)16)15(21)19(9-13(17)20)11-5-7-18-8-6-11/h2-4,11,18H,5-9H2,1H3,(H2,17,20). The average molecular weight is 310 g/mol. The smallest absolute Gasteiger partial charge is 0.256 e. The van der Waals surface area contributed by atoms with Crippen molar-refractivity contribution in [3.8, 4) is 0 Å². The van der Waals surface area contributed by atoms with Crippen LogP contribution in [0.3, 0.4) is 0 Å². The molecule has 1 aromatic rings. The van der Waals surface area contributed by atoms with Crippen LogP contribution in [-0.2, 0) is 4.79 Å². The quantitative estimate of drug-likeness (QED) is 0.881. The van der Waals surface area contributed by atoms with Crippen LogP contribution in [0.15, 0.2) is 18.2 Å². The number of piperidine rings is 1. The first kappa shape index (κ1) is 15.8. The van der Waals surface area contributed by atoms with Crippen LogP contribution in [0, 0.1) is 6.92 Å². The maximum absolute atomic E-state index is 12.8. The first-order valence-electron chi connectivity index (χ1n) is 7.06. The third-order valence-corrected chi connectivity index (χ3v) is 4.26. The lowest BCUT2D eigenvalue weighted by Gasteiger charge is -2.34. The molecule has 1 heterocycles. The Hall–Kier alpha value is -1.59. The van der Waals surface area contributed by atoms with Gasteiger partial charge < -0.3 is 16.0 Å². The Morgan fingerprint density at radius 3 is 2.67 bits per heavy atom. The van der Waals surface area contributed by atoms with Gasteiger partial charge in [-0.15, -0.1) is 0 Å². The maximum Gasteiger partial charge on any atom is 0.256 e. The minimum Gasteiger partial charge on any atom is -0.368 e. The molecule has 0 aromatic heterocycles. The number of nitrogens with two attached hydrogens (primary N) is 1. The van der Waals surface area contributed by atoms with Crippen molar-refractivity contribution in [1.82, 2.24) is 10.2 Å². The van der Waals surface area contributed by atoms with Crippen LogP contribution < -0.4 is 11.1 Å². The molecule has 0 aliphatic carbocycles. The summed E-state index contributed by atoms with van der Waals surface area (Å²) in [6.45, 7) is 3.43. The lowest BCUT2D eigenvalue weighted by atomic mass is 10.0. The van der Waals surface area contributed by atoms with Crippen molar-refractivity contribution in [1.29, 1.82) is 0 Å². The van der Waals surface area contributed by atoms with E-state index in [4.69, 9.17) is 17.3 Å². The molecule has 2 amide bonds. The normalized spacial score (nSPS) is 15.7. The summed E-state index contributed by atoms with van der Waals surface area (Å²) in [7, 11) is 0. The minimum atomic E-state index is -0.509. The number of nitrogens with one attached hydrogen (secondary N) is 1. The molecule has 0 atom stereocenters. The molecule has 0 radical (unpaired) electrons. The van der Waals surface area contributed by atoms with Gasteiger partial charge in [0.25, 0.3) is 5.91 Å². The van der Waals surface area contributed by atoms with Crippen LogP contribution in [0.2, 0.25) is 5.02 Å². The molecule has 1 fully saturated rings. The predicted octanol–water partition coefficient (Wildman–Crippen LogP) is 1.33. The van der Waals surface area contributed by atoms with Crippen molar-refractivity contribution >= 4 is 23.4 Å². The molecule has 0 unspecified atom stereocenters. The number of halogens is 1. The van der Waals surface area contributed by atoms with Gasteiger partial charge in [0, 0.05) is 6.04 Å². The summed E-state index contributed by atoms with van der Waals surface area (Å²) < 4.78 is 0. The molecule has 114 valence electrons. The molecule has 1 aromatic carbocycles. The highest BCUT2D eigenvalue weighted by Gasteiger charge is 2.28. The molecule has 1 saturated heterocycles. The molecule has 1 aliphatic heterocycles. The van der Waals surface area contributed by atoms with E-state index >= 15 is 0 Å². The highest BCUT2D eigenvalue weighted by Crippen LogP contribution is 2.24. The monoisotopic (exact) mass is 309 g/mol. The van der Waals surface area contributed by atoms with Crippen LogP contribution in [-0.4, -0.2) is 42.4 Å². The molecule has 3 N–H and O–H groups in total. The Kier molecular flexibility index (Phi) is 5.20. The summed E-state index contributed by atoms with van der Waals surface area (Å²) in [5.41, 5.74) is 6.57. The lowest BCUT2D eigenvalue weighted by Crippen LogP contribution is -2.49. The molecule has 5 nitrogen and oxygen atoms in total. The van der Waals surface area contributed by atoms with Crippen molar-refractivity contribution in [3.05, 3.63) is 34.3 Å². The zero-order chi connectivity index (χ0) is 15.4. The topological polar surface area (TPSA) is 75.4 Å². The Balaban J connectivity index is 2.28. The Morgan fingerprint density at radius 1 is 1.38 bits per heavy atom. The van der Waals surface area contributed by atoms with Crippen LogP contribution in [0.25, 0.3) is 0 Å². The zero-order valence-corrected chi connectivity index (χ0v) is 12.8. The van der Waals surface area contributed by atoms with Gasteiger partial charge in [-0.1, -0.05) is 23.7 Å². The van der Waals surface area contributed by atoms with Gasteiger partial charge in [-0.3, -0.25) is 9.59 Å². The molecule has 2 rings (SSSR count).